The van der Waals surface area contributed by atoms with Crippen LogP contribution in [0.1, 0.15) is 19.8 Å². The van der Waals surface area contributed by atoms with E-state index in [-0.39, 0.29) is 17.7 Å². The van der Waals surface area contributed by atoms with Gasteiger partial charge in [0.05, 0.1) is 0 Å². The van der Waals surface area contributed by atoms with E-state index in [1.54, 1.807) is 18.2 Å². The molecule has 4 nitrogen and oxygen atoms in total. The predicted octanol–water partition coefficient (Wildman–Crippen LogP) is 2.61. The number of nitrogens with two attached hydrogens (primary N) is 1. The van der Waals surface area contributed by atoms with Crippen molar-refractivity contribution in [3.8, 4) is 5.75 Å². The molecule has 0 fully saturated rings. The molecular weight excluding hydrogens is 240 g/mol. The van der Waals surface area contributed by atoms with Crippen molar-refractivity contribution in [2.24, 2.45) is 5.73 Å². The summed E-state index contributed by atoms with van der Waals surface area (Å²) in [6.45, 7) is 1.95. The van der Waals surface area contributed by atoms with Gasteiger partial charge >= 0.3 is 0 Å². The highest BCUT2D eigenvalue weighted by molar-refractivity contribution is 6.03. The topological polar surface area (TPSA) is 75.4 Å². The number of phenolic OH excluding ortho intramolecular Hbond substituents is 1. The van der Waals surface area contributed by atoms with Crippen LogP contribution in [0.2, 0.25) is 0 Å². The van der Waals surface area contributed by atoms with Gasteiger partial charge in [0.2, 0.25) is 5.91 Å². The summed E-state index contributed by atoms with van der Waals surface area (Å²) in [7, 11) is 0. The normalized spacial score (nSPS) is 12.3. The van der Waals surface area contributed by atoms with Crippen molar-refractivity contribution in [1.29, 1.82) is 0 Å². The van der Waals surface area contributed by atoms with Crippen LogP contribution in [0.25, 0.3) is 10.8 Å². The second kappa shape index (κ2) is 5.71. The van der Waals surface area contributed by atoms with E-state index in [4.69, 9.17) is 5.73 Å². The van der Waals surface area contributed by atoms with Crippen LogP contribution in [0.4, 0.5) is 5.69 Å². The van der Waals surface area contributed by atoms with Crippen molar-refractivity contribution in [2.75, 3.05) is 5.32 Å². The van der Waals surface area contributed by atoms with Crippen molar-refractivity contribution in [3.63, 3.8) is 0 Å². The highest BCUT2D eigenvalue weighted by Crippen LogP contribution is 2.29. The lowest BCUT2D eigenvalue weighted by molar-refractivity contribution is -0.116. The Bertz CT molecular complexity index is 596. The monoisotopic (exact) mass is 258 g/mol. The van der Waals surface area contributed by atoms with E-state index in [0.29, 0.717) is 12.1 Å². The number of amides is 1. The van der Waals surface area contributed by atoms with Crippen LogP contribution in [0.3, 0.4) is 0 Å². The molecule has 0 aromatic heterocycles. The number of hydrogen-bond donors (Lipinski definition) is 3. The minimum atomic E-state index is -0.122. The summed E-state index contributed by atoms with van der Waals surface area (Å²) in [5.74, 6) is 0.101. The second-order valence-corrected chi connectivity index (χ2v) is 4.60. The van der Waals surface area contributed by atoms with E-state index in [2.05, 4.69) is 5.32 Å². The SMILES string of the molecule is CCC(N)CC(=O)Nc1cccc2c(O)cccc12. The molecule has 1 amide bonds. The molecule has 1 atom stereocenters. The minimum absolute atomic E-state index is 0.106. The fourth-order valence-electron chi connectivity index (χ4n) is 1.99. The summed E-state index contributed by atoms with van der Waals surface area (Å²) in [5, 5.41) is 14.2. The van der Waals surface area contributed by atoms with E-state index >= 15 is 0 Å². The van der Waals surface area contributed by atoms with Crippen molar-refractivity contribution in [2.45, 2.75) is 25.8 Å². The number of benzene rings is 2. The van der Waals surface area contributed by atoms with E-state index in [1.807, 2.05) is 25.1 Å². The Morgan fingerprint density at radius 2 is 1.95 bits per heavy atom. The molecule has 4 N–H and O–H groups in total. The zero-order valence-corrected chi connectivity index (χ0v) is 10.9. The lowest BCUT2D eigenvalue weighted by Crippen LogP contribution is -2.26. The van der Waals surface area contributed by atoms with E-state index in [9.17, 15) is 9.90 Å². The molecule has 0 aliphatic heterocycles. The van der Waals surface area contributed by atoms with Gasteiger partial charge in [-0.3, -0.25) is 4.79 Å². The zero-order chi connectivity index (χ0) is 13.8. The van der Waals surface area contributed by atoms with Crippen LogP contribution < -0.4 is 11.1 Å². The van der Waals surface area contributed by atoms with Gasteiger partial charge in [0, 0.05) is 28.9 Å². The van der Waals surface area contributed by atoms with Crippen LogP contribution in [-0.4, -0.2) is 17.1 Å². The molecule has 2 rings (SSSR count). The summed E-state index contributed by atoms with van der Waals surface area (Å²) in [4.78, 5) is 11.9. The van der Waals surface area contributed by atoms with Crippen LogP contribution in [0.15, 0.2) is 36.4 Å². The Morgan fingerprint density at radius 1 is 1.26 bits per heavy atom. The molecule has 0 aliphatic rings. The van der Waals surface area contributed by atoms with E-state index in [1.165, 1.54) is 0 Å². The summed E-state index contributed by atoms with van der Waals surface area (Å²) in [6, 6.07) is 10.6. The van der Waals surface area contributed by atoms with Gasteiger partial charge in [-0.25, -0.2) is 0 Å². The molecule has 1 unspecified atom stereocenters. The van der Waals surface area contributed by atoms with Crippen molar-refractivity contribution < 1.29 is 9.90 Å². The number of rotatable bonds is 4. The van der Waals surface area contributed by atoms with Crippen LogP contribution in [-0.2, 0) is 4.79 Å². The molecule has 0 bridgehead atoms. The maximum Gasteiger partial charge on any atom is 0.225 e. The smallest absolute Gasteiger partial charge is 0.225 e. The molecule has 2 aromatic carbocycles. The second-order valence-electron chi connectivity index (χ2n) is 4.60. The van der Waals surface area contributed by atoms with Gasteiger partial charge in [-0.1, -0.05) is 31.2 Å². The molecule has 0 aliphatic carbocycles. The summed E-state index contributed by atoms with van der Waals surface area (Å²) >= 11 is 0. The van der Waals surface area contributed by atoms with Crippen molar-refractivity contribution in [1.82, 2.24) is 0 Å². The first kappa shape index (κ1) is 13.4. The van der Waals surface area contributed by atoms with Gasteiger partial charge in [0.25, 0.3) is 0 Å². The molecule has 0 saturated heterocycles. The lowest BCUT2D eigenvalue weighted by atomic mass is 10.1. The number of anilines is 1. The first-order valence-electron chi connectivity index (χ1n) is 6.38. The molecule has 0 saturated carbocycles. The number of fused-ring (bicyclic) bond motifs is 1. The molecule has 2 aromatic rings. The Hall–Kier alpha value is -2.07. The fourth-order valence-corrected chi connectivity index (χ4v) is 1.99. The molecule has 100 valence electrons. The number of phenols is 1. The predicted molar refractivity (Wildman–Crippen MR) is 77.1 cm³/mol. The lowest BCUT2D eigenvalue weighted by Gasteiger charge is -2.11. The van der Waals surface area contributed by atoms with Crippen molar-refractivity contribution in [3.05, 3.63) is 36.4 Å². The molecule has 0 heterocycles. The highest BCUT2D eigenvalue weighted by Gasteiger charge is 2.10. The van der Waals surface area contributed by atoms with Gasteiger partial charge in [0.1, 0.15) is 5.75 Å². The standard InChI is InChI=1S/C15H18N2O2/c1-2-10(16)9-15(19)17-13-7-3-6-12-11(13)5-4-8-14(12)18/h3-8,10,18H,2,9,16H2,1H3,(H,17,19). The number of aromatic hydroxyl groups is 1. The summed E-state index contributed by atoms with van der Waals surface area (Å²) < 4.78 is 0. The Labute approximate surface area is 112 Å². The summed E-state index contributed by atoms with van der Waals surface area (Å²) in [5.41, 5.74) is 6.46. The zero-order valence-electron chi connectivity index (χ0n) is 10.9. The van der Waals surface area contributed by atoms with Gasteiger partial charge in [-0.2, -0.15) is 0 Å². The van der Waals surface area contributed by atoms with Crippen molar-refractivity contribution >= 4 is 22.4 Å². The van der Waals surface area contributed by atoms with E-state index < -0.39 is 0 Å². The van der Waals surface area contributed by atoms with Crippen LogP contribution >= 0.6 is 0 Å². The maximum absolute atomic E-state index is 11.9. The van der Waals surface area contributed by atoms with Crippen LogP contribution in [0.5, 0.6) is 5.75 Å². The molecular formula is C15H18N2O2. The maximum atomic E-state index is 11.9. The minimum Gasteiger partial charge on any atom is -0.507 e. The van der Waals surface area contributed by atoms with Gasteiger partial charge in [-0.05, 0) is 18.6 Å². The average Bonchev–Trinajstić information content (AvgIpc) is 2.39. The van der Waals surface area contributed by atoms with Crippen LogP contribution in [0, 0.1) is 0 Å². The van der Waals surface area contributed by atoms with Gasteiger partial charge in [0.15, 0.2) is 0 Å². The van der Waals surface area contributed by atoms with Gasteiger partial charge < -0.3 is 16.2 Å². The highest BCUT2D eigenvalue weighted by atomic mass is 16.3. The van der Waals surface area contributed by atoms with E-state index in [0.717, 1.165) is 17.2 Å². The largest absolute Gasteiger partial charge is 0.507 e. The Kier molecular flexibility index (Phi) is 4.02. The third-order valence-electron chi connectivity index (χ3n) is 3.15. The quantitative estimate of drug-likeness (QED) is 0.789. The third-order valence-corrected chi connectivity index (χ3v) is 3.15. The molecule has 0 spiro atoms. The fraction of sp³-hybridized carbons (Fsp3) is 0.267. The Balaban J connectivity index is 2.26. The first-order chi connectivity index (χ1) is 9.11. The third kappa shape index (κ3) is 3.03. The molecule has 4 heteroatoms. The first-order valence-corrected chi connectivity index (χ1v) is 6.38. The molecule has 19 heavy (non-hydrogen) atoms. The average molecular weight is 258 g/mol. The number of carbonyl (C=O) groups is 1. The van der Waals surface area contributed by atoms with Gasteiger partial charge in [-0.15, -0.1) is 0 Å². The number of hydrogen-bond acceptors (Lipinski definition) is 3. The number of nitrogens with one attached hydrogen (secondary N) is 1. The molecule has 0 radical (unpaired) electrons. The number of carbonyl (C=O) groups excluding carboxylic acids is 1. The Morgan fingerprint density at radius 3 is 2.68 bits per heavy atom. The summed E-state index contributed by atoms with van der Waals surface area (Å²) in [6.07, 6.45) is 1.06.